The summed E-state index contributed by atoms with van der Waals surface area (Å²) in [5.74, 6) is -0.425. The highest BCUT2D eigenvalue weighted by Gasteiger charge is 2.32. The van der Waals surface area contributed by atoms with Crippen molar-refractivity contribution in [2.75, 3.05) is 7.11 Å². The second kappa shape index (κ2) is 7.95. The summed E-state index contributed by atoms with van der Waals surface area (Å²) in [5.41, 5.74) is 0.0329. The number of benzene rings is 2. The number of halogens is 4. The van der Waals surface area contributed by atoms with Gasteiger partial charge in [0.05, 0.1) is 36.8 Å². The van der Waals surface area contributed by atoms with Gasteiger partial charge in [0.25, 0.3) is 5.89 Å². The summed E-state index contributed by atoms with van der Waals surface area (Å²) in [6, 6.07) is 7.95. The van der Waals surface area contributed by atoms with Gasteiger partial charge in [-0.2, -0.15) is 17.9 Å². The van der Waals surface area contributed by atoms with Crippen LogP contribution in [0.5, 0.6) is 5.75 Å². The van der Waals surface area contributed by atoms with E-state index in [-0.39, 0.29) is 23.7 Å². The average molecular weight is 451 g/mol. The van der Waals surface area contributed by atoms with Gasteiger partial charge in [-0.15, -0.1) is 5.10 Å². The van der Waals surface area contributed by atoms with Crippen LogP contribution >= 0.6 is 11.6 Å². The standard InChI is InChI=1S/C20H14ClF3N4O3/c1-30-17-5-3-14(21)8-12(17)10-28-19(29)31-18(26-28)15-4-2-13(20(22,23)24)9-16(15)27-7-6-25-11-27/h2-9,11H,10H2,1H3. The molecular formula is C20H14ClF3N4O3. The largest absolute Gasteiger partial charge is 0.496 e. The summed E-state index contributed by atoms with van der Waals surface area (Å²) in [6.07, 6.45) is -0.308. The highest BCUT2D eigenvalue weighted by Crippen LogP contribution is 2.34. The molecule has 0 unspecified atom stereocenters. The van der Waals surface area contributed by atoms with Crippen LogP contribution in [0.2, 0.25) is 5.02 Å². The predicted molar refractivity (Wildman–Crippen MR) is 105 cm³/mol. The third-order valence-corrected chi connectivity index (χ3v) is 4.74. The Morgan fingerprint density at radius 1 is 1.19 bits per heavy atom. The number of ether oxygens (including phenoxy) is 1. The number of alkyl halides is 3. The van der Waals surface area contributed by atoms with Gasteiger partial charge in [-0.05, 0) is 36.4 Å². The van der Waals surface area contributed by atoms with Gasteiger partial charge in [-0.1, -0.05) is 11.6 Å². The monoisotopic (exact) mass is 450 g/mol. The molecule has 2 aromatic heterocycles. The molecule has 2 aromatic carbocycles. The maximum Gasteiger partial charge on any atom is 0.437 e. The topological polar surface area (TPSA) is 75.1 Å². The van der Waals surface area contributed by atoms with Gasteiger partial charge in [0.2, 0.25) is 0 Å². The van der Waals surface area contributed by atoms with E-state index in [2.05, 4.69) is 10.1 Å². The highest BCUT2D eigenvalue weighted by molar-refractivity contribution is 6.30. The predicted octanol–water partition coefficient (Wildman–Crippen LogP) is 4.42. The second-order valence-corrected chi connectivity index (χ2v) is 6.92. The summed E-state index contributed by atoms with van der Waals surface area (Å²) in [4.78, 5) is 16.3. The minimum Gasteiger partial charge on any atom is -0.496 e. The molecule has 0 amide bonds. The Morgan fingerprint density at radius 2 is 2.00 bits per heavy atom. The zero-order valence-corrected chi connectivity index (χ0v) is 16.7. The Kier molecular flexibility index (Phi) is 5.32. The molecule has 4 aromatic rings. The summed E-state index contributed by atoms with van der Waals surface area (Å²) >= 11 is 6.02. The lowest BCUT2D eigenvalue weighted by atomic mass is 10.1. The van der Waals surface area contributed by atoms with E-state index in [9.17, 15) is 18.0 Å². The van der Waals surface area contributed by atoms with Crippen LogP contribution in [-0.4, -0.2) is 26.4 Å². The molecule has 0 saturated heterocycles. The van der Waals surface area contributed by atoms with Crippen molar-refractivity contribution < 1.29 is 22.3 Å². The number of rotatable bonds is 5. The number of hydrogen-bond donors (Lipinski definition) is 0. The lowest BCUT2D eigenvalue weighted by Crippen LogP contribution is -2.17. The molecule has 0 fully saturated rings. The molecule has 0 aliphatic carbocycles. The van der Waals surface area contributed by atoms with Crippen LogP contribution in [0.3, 0.4) is 0 Å². The van der Waals surface area contributed by atoms with Crippen LogP contribution in [0.15, 0.2) is 64.3 Å². The number of aromatic nitrogens is 4. The van der Waals surface area contributed by atoms with Crippen molar-refractivity contribution in [3.63, 3.8) is 0 Å². The molecule has 0 aliphatic rings. The van der Waals surface area contributed by atoms with Crippen molar-refractivity contribution in [3.8, 4) is 22.9 Å². The Morgan fingerprint density at radius 3 is 2.68 bits per heavy atom. The van der Waals surface area contributed by atoms with E-state index in [1.165, 1.54) is 36.5 Å². The Bertz CT molecular complexity index is 1280. The van der Waals surface area contributed by atoms with Gasteiger partial charge in [0.15, 0.2) is 0 Å². The molecule has 0 spiro atoms. The zero-order chi connectivity index (χ0) is 22.2. The van der Waals surface area contributed by atoms with E-state index in [0.29, 0.717) is 16.3 Å². The fourth-order valence-electron chi connectivity index (χ4n) is 3.05. The SMILES string of the molecule is COc1ccc(Cl)cc1Cn1nc(-c2ccc(C(F)(F)F)cc2-n2ccnc2)oc1=O. The van der Waals surface area contributed by atoms with Crippen LogP contribution in [-0.2, 0) is 12.7 Å². The summed E-state index contributed by atoms with van der Waals surface area (Å²) in [6.45, 7) is -0.00684. The number of hydrogen-bond acceptors (Lipinski definition) is 5. The molecule has 0 N–H and O–H groups in total. The van der Waals surface area contributed by atoms with Crippen molar-refractivity contribution in [2.24, 2.45) is 0 Å². The van der Waals surface area contributed by atoms with Crippen LogP contribution in [0, 0.1) is 0 Å². The van der Waals surface area contributed by atoms with Crippen molar-refractivity contribution >= 4 is 11.6 Å². The molecule has 0 atom stereocenters. The summed E-state index contributed by atoms with van der Waals surface area (Å²) in [7, 11) is 1.48. The minimum atomic E-state index is -4.54. The molecular weight excluding hydrogens is 437 g/mol. The molecule has 7 nitrogen and oxygen atoms in total. The van der Waals surface area contributed by atoms with E-state index in [1.54, 1.807) is 18.2 Å². The van der Waals surface area contributed by atoms with Crippen LogP contribution < -0.4 is 10.5 Å². The van der Waals surface area contributed by atoms with Crippen LogP contribution in [0.25, 0.3) is 17.1 Å². The maximum atomic E-state index is 13.2. The molecule has 31 heavy (non-hydrogen) atoms. The fourth-order valence-corrected chi connectivity index (χ4v) is 3.25. The quantitative estimate of drug-likeness (QED) is 0.450. The zero-order valence-electron chi connectivity index (χ0n) is 15.9. The Hall–Kier alpha value is -3.53. The Labute approximate surface area is 178 Å². The van der Waals surface area contributed by atoms with Crippen molar-refractivity contribution in [2.45, 2.75) is 12.7 Å². The average Bonchev–Trinajstić information content (AvgIpc) is 3.38. The molecule has 160 valence electrons. The fraction of sp³-hybridized carbons (Fsp3) is 0.150. The van der Waals surface area contributed by atoms with E-state index in [4.69, 9.17) is 20.8 Å². The normalized spacial score (nSPS) is 11.6. The van der Waals surface area contributed by atoms with Crippen LogP contribution in [0.1, 0.15) is 11.1 Å². The maximum absolute atomic E-state index is 13.2. The molecule has 0 aliphatic heterocycles. The third-order valence-electron chi connectivity index (χ3n) is 4.51. The van der Waals surface area contributed by atoms with E-state index in [0.717, 1.165) is 16.8 Å². The third kappa shape index (κ3) is 4.19. The minimum absolute atomic E-state index is 0.00684. The molecule has 0 radical (unpaired) electrons. The van der Waals surface area contributed by atoms with E-state index >= 15 is 0 Å². The number of nitrogens with zero attached hydrogens (tertiary/aromatic N) is 4. The first-order chi connectivity index (χ1) is 14.8. The number of imidazole rings is 1. The van der Waals surface area contributed by atoms with Crippen LogP contribution in [0.4, 0.5) is 13.2 Å². The number of methoxy groups -OCH3 is 1. The Balaban J connectivity index is 1.78. The molecule has 11 heteroatoms. The van der Waals surface area contributed by atoms with Gasteiger partial charge in [0.1, 0.15) is 5.75 Å². The first-order valence-electron chi connectivity index (χ1n) is 8.86. The van der Waals surface area contributed by atoms with Gasteiger partial charge in [-0.3, -0.25) is 0 Å². The second-order valence-electron chi connectivity index (χ2n) is 6.49. The van der Waals surface area contributed by atoms with Gasteiger partial charge in [0, 0.05) is 23.0 Å². The first-order valence-corrected chi connectivity index (χ1v) is 9.24. The van der Waals surface area contributed by atoms with E-state index < -0.39 is 17.5 Å². The summed E-state index contributed by atoms with van der Waals surface area (Å²) < 4.78 is 52.6. The molecule has 4 rings (SSSR count). The van der Waals surface area contributed by atoms with Crippen molar-refractivity contribution in [1.82, 2.24) is 19.3 Å². The molecule has 2 heterocycles. The van der Waals surface area contributed by atoms with Gasteiger partial charge in [-0.25, -0.2) is 9.78 Å². The molecule has 0 saturated carbocycles. The smallest absolute Gasteiger partial charge is 0.437 e. The van der Waals surface area contributed by atoms with Gasteiger partial charge < -0.3 is 13.7 Å². The highest BCUT2D eigenvalue weighted by atomic mass is 35.5. The van der Waals surface area contributed by atoms with Crippen molar-refractivity contribution in [3.05, 3.63) is 81.8 Å². The van der Waals surface area contributed by atoms with Gasteiger partial charge >= 0.3 is 11.9 Å². The lowest BCUT2D eigenvalue weighted by Gasteiger charge is -2.12. The van der Waals surface area contributed by atoms with Crippen molar-refractivity contribution in [1.29, 1.82) is 0 Å². The molecule has 0 bridgehead atoms. The first kappa shape index (κ1) is 20.7. The lowest BCUT2D eigenvalue weighted by molar-refractivity contribution is -0.137. The summed E-state index contributed by atoms with van der Waals surface area (Å²) in [5, 5.41) is 4.61. The van der Waals surface area contributed by atoms with E-state index in [1.807, 2.05) is 0 Å².